The Kier molecular flexibility index (Phi) is 3.62. The van der Waals surface area contributed by atoms with Crippen molar-refractivity contribution in [2.75, 3.05) is 0 Å². The molecule has 0 amide bonds. The van der Waals surface area contributed by atoms with Gasteiger partial charge in [0.1, 0.15) is 5.54 Å². The minimum atomic E-state index is -1.28. The highest BCUT2D eigenvalue weighted by atomic mass is 16.4. The molecule has 3 nitrogen and oxygen atoms in total. The largest absolute Gasteiger partial charge is 0.480 e. The molecule has 3 N–H and O–H groups in total. The third-order valence-electron chi connectivity index (χ3n) is 3.21. The quantitative estimate of drug-likeness (QED) is 0.846. The van der Waals surface area contributed by atoms with Gasteiger partial charge in [-0.2, -0.15) is 0 Å². The molecule has 0 saturated carbocycles. The fourth-order valence-electron chi connectivity index (χ4n) is 1.75. The van der Waals surface area contributed by atoms with Crippen molar-refractivity contribution in [2.24, 2.45) is 5.73 Å². The molecule has 1 aromatic carbocycles. The Bertz CT molecular complexity index is 403. The Morgan fingerprint density at radius 3 is 1.88 bits per heavy atom. The van der Waals surface area contributed by atoms with E-state index in [9.17, 15) is 9.90 Å². The first-order chi connectivity index (χ1) is 7.71. The molecule has 17 heavy (non-hydrogen) atoms. The molecular formula is C14H21NO2. The molecule has 0 aromatic heterocycles. The monoisotopic (exact) mass is 235 g/mol. The lowest BCUT2D eigenvalue weighted by molar-refractivity contribution is -0.143. The molecule has 1 aromatic rings. The predicted octanol–water partition coefficient (Wildman–Crippen LogP) is 2.63. The van der Waals surface area contributed by atoms with Crippen LogP contribution in [0.25, 0.3) is 0 Å². The average Bonchev–Trinajstić information content (AvgIpc) is 2.26. The Labute approximate surface area is 103 Å². The van der Waals surface area contributed by atoms with Crippen LogP contribution in [0.2, 0.25) is 0 Å². The summed E-state index contributed by atoms with van der Waals surface area (Å²) in [7, 11) is 0. The summed E-state index contributed by atoms with van der Waals surface area (Å²) in [5.41, 5.74) is 6.53. The second-order valence-corrected chi connectivity index (χ2v) is 5.46. The van der Waals surface area contributed by atoms with Crippen molar-refractivity contribution < 1.29 is 9.90 Å². The molecule has 3 heteroatoms. The van der Waals surface area contributed by atoms with Gasteiger partial charge in [-0.25, -0.2) is 4.79 Å². The number of carboxylic acids is 1. The first kappa shape index (κ1) is 13.7. The standard InChI is InChI=1S/C14H21NO2/c1-5-14(15,12(16)17)11-8-6-10(7-9-11)13(2,3)4/h6-9H,5,15H2,1-4H3,(H,16,17). The van der Waals surface area contributed by atoms with Crippen LogP contribution in [0.15, 0.2) is 24.3 Å². The molecule has 0 bridgehead atoms. The molecule has 0 radical (unpaired) electrons. The Balaban J connectivity index is 3.14. The fraction of sp³-hybridized carbons (Fsp3) is 0.500. The van der Waals surface area contributed by atoms with E-state index >= 15 is 0 Å². The summed E-state index contributed by atoms with van der Waals surface area (Å²) in [5, 5.41) is 9.19. The van der Waals surface area contributed by atoms with Gasteiger partial charge < -0.3 is 10.8 Å². The van der Waals surface area contributed by atoms with Gasteiger partial charge in [-0.3, -0.25) is 0 Å². The molecule has 1 unspecified atom stereocenters. The summed E-state index contributed by atoms with van der Waals surface area (Å²) in [6.07, 6.45) is 0.372. The maximum Gasteiger partial charge on any atom is 0.328 e. The highest BCUT2D eigenvalue weighted by Crippen LogP contribution is 2.27. The fourth-order valence-corrected chi connectivity index (χ4v) is 1.75. The summed E-state index contributed by atoms with van der Waals surface area (Å²) in [6, 6.07) is 7.54. The van der Waals surface area contributed by atoms with E-state index in [-0.39, 0.29) is 5.41 Å². The maximum atomic E-state index is 11.2. The summed E-state index contributed by atoms with van der Waals surface area (Å²) in [5.74, 6) is -0.983. The molecule has 1 rings (SSSR count). The lowest BCUT2D eigenvalue weighted by atomic mass is 9.83. The second-order valence-electron chi connectivity index (χ2n) is 5.46. The number of aliphatic carboxylic acids is 1. The second kappa shape index (κ2) is 4.49. The van der Waals surface area contributed by atoms with Crippen LogP contribution in [0.5, 0.6) is 0 Å². The van der Waals surface area contributed by atoms with E-state index in [1.807, 2.05) is 24.3 Å². The van der Waals surface area contributed by atoms with E-state index in [1.54, 1.807) is 6.92 Å². The van der Waals surface area contributed by atoms with Crippen LogP contribution in [-0.2, 0) is 15.7 Å². The van der Waals surface area contributed by atoms with Gasteiger partial charge in [-0.05, 0) is 23.0 Å². The van der Waals surface area contributed by atoms with Crippen LogP contribution >= 0.6 is 0 Å². The zero-order valence-corrected chi connectivity index (χ0v) is 10.9. The minimum absolute atomic E-state index is 0.0607. The number of benzene rings is 1. The van der Waals surface area contributed by atoms with E-state index in [4.69, 9.17) is 5.73 Å². The van der Waals surface area contributed by atoms with Crippen LogP contribution in [0, 0.1) is 0 Å². The van der Waals surface area contributed by atoms with Gasteiger partial charge in [-0.1, -0.05) is 52.0 Å². The van der Waals surface area contributed by atoms with Crippen molar-refractivity contribution in [2.45, 2.75) is 45.1 Å². The third kappa shape index (κ3) is 2.67. The van der Waals surface area contributed by atoms with Crippen LogP contribution in [0.4, 0.5) is 0 Å². The van der Waals surface area contributed by atoms with E-state index in [0.29, 0.717) is 12.0 Å². The number of rotatable bonds is 3. The van der Waals surface area contributed by atoms with Crippen molar-refractivity contribution in [3.63, 3.8) is 0 Å². The molecule has 0 saturated heterocycles. The van der Waals surface area contributed by atoms with Crippen LogP contribution < -0.4 is 5.73 Å². The van der Waals surface area contributed by atoms with Crippen LogP contribution in [0.1, 0.15) is 45.2 Å². The van der Waals surface area contributed by atoms with E-state index in [1.165, 1.54) is 5.56 Å². The Hall–Kier alpha value is -1.35. The smallest absolute Gasteiger partial charge is 0.328 e. The number of hydrogen-bond acceptors (Lipinski definition) is 2. The topological polar surface area (TPSA) is 63.3 Å². The van der Waals surface area contributed by atoms with Crippen molar-refractivity contribution in [1.29, 1.82) is 0 Å². The van der Waals surface area contributed by atoms with Gasteiger partial charge in [-0.15, -0.1) is 0 Å². The van der Waals surface area contributed by atoms with E-state index < -0.39 is 11.5 Å². The van der Waals surface area contributed by atoms with Gasteiger partial charge in [0.05, 0.1) is 0 Å². The lowest BCUT2D eigenvalue weighted by Gasteiger charge is -2.25. The van der Waals surface area contributed by atoms with E-state index in [2.05, 4.69) is 20.8 Å². The van der Waals surface area contributed by atoms with Crippen molar-refractivity contribution in [3.05, 3.63) is 35.4 Å². The van der Waals surface area contributed by atoms with Crippen LogP contribution in [-0.4, -0.2) is 11.1 Å². The Morgan fingerprint density at radius 1 is 1.18 bits per heavy atom. The Morgan fingerprint density at radius 2 is 1.59 bits per heavy atom. The zero-order chi connectivity index (χ0) is 13.3. The van der Waals surface area contributed by atoms with Crippen molar-refractivity contribution in [3.8, 4) is 0 Å². The van der Waals surface area contributed by atoms with Gasteiger partial charge in [0.25, 0.3) is 0 Å². The molecule has 0 spiro atoms. The predicted molar refractivity (Wildman–Crippen MR) is 68.9 cm³/mol. The third-order valence-corrected chi connectivity index (χ3v) is 3.21. The molecule has 0 aliphatic heterocycles. The van der Waals surface area contributed by atoms with Gasteiger partial charge >= 0.3 is 5.97 Å². The molecule has 0 aliphatic rings. The summed E-state index contributed by atoms with van der Waals surface area (Å²) < 4.78 is 0. The van der Waals surface area contributed by atoms with Crippen molar-refractivity contribution >= 4 is 5.97 Å². The maximum absolute atomic E-state index is 11.2. The van der Waals surface area contributed by atoms with Crippen LogP contribution in [0.3, 0.4) is 0 Å². The van der Waals surface area contributed by atoms with Gasteiger partial charge in [0.15, 0.2) is 0 Å². The highest BCUT2D eigenvalue weighted by molar-refractivity contribution is 5.80. The zero-order valence-electron chi connectivity index (χ0n) is 10.9. The number of carbonyl (C=O) groups is 1. The number of carboxylic acid groups (broad SMARTS) is 1. The molecule has 0 heterocycles. The molecule has 0 fully saturated rings. The average molecular weight is 235 g/mol. The molecule has 1 atom stereocenters. The van der Waals surface area contributed by atoms with Gasteiger partial charge in [0.2, 0.25) is 0 Å². The first-order valence-corrected chi connectivity index (χ1v) is 5.85. The highest BCUT2D eigenvalue weighted by Gasteiger charge is 2.34. The summed E-state index contributed by atoms with van der Waals surface area (Å²) in [4.78, 5) is 11.2. The van der Waals surface area contributed by atoms with Crippen molar-refractivity contribution in [1.82, 2.24) is 0 Å². The SMILES string of the molecule is CCC(N)(C(=O)O)c1ccc(C(C)(C)C)cc1. The summed E-state index contributed by atoms with van der Waals surface area (Å²) in [6.45, 7) is 8.14. The normalized spacial score (nSPS) is 15.4. The first-order valence-electron chi connectivity index (χ1n) is 5.85. The van der Waals surface area contributed by atoms with Gasteiger partial charge in [0, 0.05) is 0 Å². The minimum Gasteiger partial charge on any atom is -0.480 e. The molecule has 0 aliphatic carbocycles. The summed E-state index contributed by atoms with van der Waals surface area (Å²) >= 11 is 0. The lowest BCUT2D eigenvalue weighted by Crippen LogP contribution is -2.44. The van der Waals surface area contributed by atoms with E-state index in [0.717, 1.165) is 0 Å². The number of hydrogen-bond donors (Lipinski definition) is 2. The number of nitrogens with two attached hydrogens (primary N) is 1. The molecule has 94 valence electrons. The molecular weight excluding hydrogens is 214 g/mol.